The minimum atomic E-state index is 0.0872. The minimum absolute atomic E-state index is 0.0872. The van der Waals surface area contributed by atoms with Crippen molar-refractivity contribution in [2.75, 3.05) is 18.0 Å². The summed E-state index contributed by atoms with van der Waals surface area (Å²) in [5.74, 6) is 2.56. The summed E-state index contributed by atoms with van der Waals surface area (Å²) in [5, 5.41) is 0. The van der Waals surface area contributed by atoms with Crippen LogP contribution in [0.5, 0.6) is 0 Å². The number of hydrogen-bond acceptors (Lipinski definition) is 6. The first-order chi connectivity index (χ1) is 17.2. The Hall–Kier alpha value is -4.26. The number of fused-ring (bicyclic) bond motifs is 5. The van der Waals surface area contributed by atoms with Gasteiger partial charge in [0.15, 0.2) is 11.6 Å². The standard InChI is InChI=1S/C28H23N5O2/c34-23-13-7-12-22-21-14-18(16-33(22)23)15-32(17-21)27-24-26(29-25(30-27)19-8-3-1-4-9-19)31-28(35-24)20-10-5-2-6-11-20/h1-13,18,21H,14-17H2. The molecule has 7 nitrogen and oxygen atoms in total. The molecule has 3 aromatic heterocycles. The Balaban J connectivity index is 1.37. The highest BCUT2D eigenvalue weighted by Crippen LogP contribution is 2.39. The lowest BCUT2D eigenvalue weighted by Gasteiger charge is -2.43. The van der Waals surface area contributed by atoms with Crippen molar-refractivity contribution in [3.63, 3.8) is 0 Å². The van der Waals surface area contributed by atoms with Crippen LogP contribution in [0.1, 0.15) is 18.0 Å². The van der Waals surface area contributed by atoms with Gasteiger partial charge in [-0.25, -0.2) is 9.97 Å². The molecule has 0 radical (unpaired) electrons. The SMILES string of the molecule is O=c1cccc2n1CC1CC2CN(c2nc(-c3ccccc3)nc3nc(-c4ccccc4)oc23)C1. The molecule has 0 spiro atoms. The summed E-state index contributed by atoms with van der Waals surface area (Å²) in [5.41, 5.74) is 4.20. The van der Waals surface area contributed by atoms with E-state index in [1.807, 2.05) is 71.3 Å². The van der Waals surface area contributed by atoms with Gasteiger partial charge in [-0.3, -0.25) is 4.79 Å². The van der Waals surface area contributed by atoms with E-state index in [0.717, 1.165) is 48.7 Å². The zero-order valence-corrected chi connectivity index (χ0v) is 19.0. The molecule has 5 aromatic rings. The summed E-state index contributed by atoms with van der Waals surface area (Å²) in [7, 11) is 0. The van der Waals surface area contributed by atoms with Gasteiger partial charge in [-0.2, -0.15) is 4.98 Å². The van der Waals surface area contributed by atoms with Crippen molar-refractivity contribution >= 4 is 17.0 Å². The lowest BCUT2D eigenvalue weighted by molar-refractivity contribution is 0.280. The summed E-state index contributed by atoms with van der Waals surface area (Å²) in [6, 6.07) is 25.5. The molecule has 0 N–H and O–H groups in total. The number of rotatable bonds is 3. The summed E-state index contributed by atoms with van der Waals surface area (Å²) < 4.78 is 8.25. The highest BCUT2D eigenvalue weighted by atomic mass is 16.4. The van der Waals surface area contributed by atoms with Gasteiger partial charge in [0.25, 0.3) is 5.56 Å². The van der Waals surface area contributed by atoms with Crippen LogP contribution in [0.2, 0.25) is 0 Å². The second-order valence-electron chi connectivity index (χ2n) is 9.38. The number of benzene rings is 2. The smallest absolute Gasteiger partial charge is 0.250 e. The normalized spacial score (nSPS) is 19.0. The van der Waals surface area contributed by atoms with Crippen LogP contribution >= 0.6 is 0 Å². The van der Waals surface area contributed by atoms with Crippen molar-refractivity contribution < 1.29 is 4.42 Å². The number of hydrogen-bond donors (Lipinski definition) is 0. The molecular formula is C28H23N5O2. The van der Waals surface area contributed by atoms with E-state index < -0.39 is 0 Å². The maximum absolute atomic E-state index is 12.5. The molecule has 35 heavy (non-hydrogen) atoms. The molecule has 1 saturated heterocycles. The maximum atomic E-state index is 12.5. The minimum Gasteiger partial charge on any atom is -0.430 e. The van der Waals surface area contributed by atoms with E-state index >= 15 is 0 Å². The molecule has 2 aliphatic rings. The monoisotopic (exact) mass is 461 g/mol. The molecule has 5 heterocycles. The molecule has 2 atom stereocenters. The number of pyridine rings is 1. The second kappa shape index (κ2) is 7.91. The third-order valence-corrected chi connectivity index (χ3v) is 7.07. The lowest BCUT2D eigenvalue weighted by Crippen LogP contribution is -2.47. The van der Waals surface area contributed by atoms with E-state index in [1.165, 1.54) is 0 Å². The van der Waals surface area contributed by atoms with Crippen LogP contribution in [0.3, 0.4) is 0 Å². The van der Waals surface area contributed by atoms with Crippen LogP contribution in [0, 0.1) is 5.92 Å². The van der Waals surface area contributed by atoms with Crippen LogP contribution in [-0.4, -0.2) is 32.6 Å². The molecule has 0 aliphatic carbocycles. The molecule has 1 fully saturated rings. The van der Waals surface area contributed by atoms with E-state index in [4.69, 9.17) is 19.4 Å². The van der Waals surface area contributed by atoms with Crippen molar-refractivity contribution in [3.05, 3.63) is 94.9 Å². The van der Waals surface area contributed by atoms with Crippen LogP contribution in [0.25, 0.3) is 34.1 Å². The zero-order chi connectivity index (χ0) is 23.4. The van der Waals surface area contributed by atoms with Crippen LogP contribution in [0.4, 0.5) is 5.82 Å². The molecule has 0 amide bonds. The van der Waals surface area contributed by atoms with Crippen LogP contribution in [-0.2, 0) is 6.54 Å². The zero-order valence-electron chi connectivity index (χ0n) is 19.0. The van der Waals surface area contributed by atoms with Crippen LogP contribution < -0.4 is 10.5 Å². The fourth-order valence-corrected chi connectivity index (χ4v) is 5.51. The van der Waals surface area contributed by atoms with Gasteiger partial charge < -0.3 is 13.9 Å². The average molecular weight is 462 g/mol. The first-order valence-corrected chi connectivity index (χ1v) is 12.0. The fourth-order valence-electron chi connectivity index (χ4n) is 5.51. The number of nitrogens with zero attached hydrogens (tertiary/aromatic N) is 5. The molecule has 2 aromatic carbocycles. The quantitative estimate of drug-likeness (QED) is 0.386. The van der Waals surface area contributed by atoms with E-state index in [0.29, 0.717) is 28.9 Å². The number of oxazole rings is 1. The van der Waals surface area contributed by atoms with Crippen molar-refractivity contribution in [1.29, 1.82) is 0 Å². The summed E-state index contributed by atoms with van der Waals surface area (Å²) in [4.78, 5) is 29.3. The number of anilines is 1. The fraction of sp³-hybridized carbons (Fsp3) is 0.214. The van der Waals surface area contributed by atoms with Crippen molar-refractivity contribution in [1.82, 2.24) is 19.5 Å². The van der Waals surface area contributed by atoms with Gasteiger partial charge >= 0.3 is 0 Å². The third kappa shape index (κ3) is 3.43. The van der Waals surface area contributed by atoms with E-state index in [9.17, 15) is 4.79 Å². The van der Waals surface area contributed by atoms with Gasteiger partial charge in [-0.05, 0) is 30.5 Å². The van der Waals surface area contributed by atoms with E-state index in [2.05, 4.69) is 11.0 Å². The van der Waals surface area contributed by atoms with Gasteiger partial charge in [0.1, 0.15) is 0 Å². The Kier molecular flexibility index (Phi) is 4.55. The first kappa shape index (κ1) is 20.1. The Bertz CT molecular complexity index is 1590. The molecule has 7 rings (SSSR count). The largest absolute Gasteiger partial charge is 0.430 e. The van der Waals surface area contributed by atoms with Crippen LogP contribution in [0.15, 0.2) is 88.1 Å². The van der Waals surface area contributed by atoms with Crippen molar-refractivity contribution in [2.45, 2.75) is 18.9 Å². The van der Waals surface area contributed by atoms with Crippen molar-refractivity contribution in [2.24, 2.45) is 5.92 Å². The Morgan fingerprint density at radius 1 is 0.771 bits per heavy atom. The highest BCUT2D eigenvalue weighted by Gasteiger charge is 2.36. The molecule has 2 aliphatic heterocycles. The molecule has 0 saturated carbocycles. The van der Waals surface area contributed by atoms with Crippen molar-refractivity contribution in [3.8, 4) is 22.8 Å². The maximum Gasteiger partial charge on any atom is 0.250 e. The Morgan fingerprint density at radius 3 is 2.34 bits per heavy atom. The van der Waals surface area contributed by atoms with E-state index in [-0.39, 0.29) is 11.5 Å². The van der Waals surface area contributed by atoms with Gasteiger partial charge in [-0.1, -0.05) is 54.6 Å². The van der Waals surface area contributed by atoms with Gasteiger partial charge in [0.2, 0.25) is 17.1 Å². The van der Waals surface area contributed by atoms with Gasteiger partial charge in [0.05, 0.1) is 0 Å². The molecule has 2 bridgehead atoms. The molecule has 172 valence electrons. The van der Waals surface area contributed by atoms with Gasteiger partial charge in [0, 0.05) is 48.4 Å². The summed E-state index contributed by atoms with van der Waals surface area (Å²) >= 11 is 0. The molecular weight excluding hydrogens is 438 g/mol. The number of piperidine rings is 1. The Labute approximate surface area is 201 Å². The molecule has 2 unspecified atom stereocenters. The lowest BCUT2D eigenvalue weighted by atomic mass is 9.83. The topological polar surface area (TPSA) is 77.1 Å². The highest BCUT2D eigenvalue weighted by molar-refractivity contribution is 5.85. The van der Waals surface area contributed by atoms with Gasteiger partial charge in [-0.15, -0.1) is 0 Å². The second-order valence-corrected chi connectivity index (χ2v) is 9.38. The third-order valence-electron chi connectivity index (χ3n) is 7.07. The predicted molar refractivity (Wildman–Crippen MR) is 134 cm³/mol. The Morgan fingerprint density at radius 2 is 1.54 bits per heavy atom. The first-order valence-electron chi connectivity index (χ1n) is 12.0. The average Bonchev–Trinajstić information content (AvgIpc) is 3.34. The van der Waals surface area contributed by atoms with E-state index in [1.54, 1.807) is 6.07 Å². The number of aromatic nitrogens is 4. The summed E-state index contributed by atoms with van der Waals surface area (Å²) in [6.07, 6.45) is 1.07. The molecule has 7 heteroatoms. The predicted octanol–water partition coefficient (Wildman–Crippen LogP) is 4.74. The summed E-state index contributed by atoms with van der Waals surface area (Å²) in [6.45, 7) is 2.30.